The van der Waals surface area contributed by atoms with E-state index in [1.807, 2.05) is 0 Å². The van der Waals surface area contributed by atoms with E-state index in [0.29, 0.717) is 5.75 Å². The molecule has 0 aliphatic carbocycles. The molecule has 1 saturated heterocycles. The van der Waals surface area contributed by atoms with Crippen LogP contribution in [0.25, 0.3) is 0 Å². The van der Waals surface area contributed by atoms with Gasteiger partial charge in [0.1, 0.15) is 5.75 Å². The van der Waals surface area contributed by atoms with Gasteiger partial charge in [-0.05, 0) is 18.2 Å². The minimum absolute atomic E-state index is 0.132. The number of hydrogen-bond acceptors (Lipinski definition) is 6. The van der Waals surface area contributed by atoms with Crippen molar-refractivity contribution >= 4 is 15.7 Å². The summed E-state index contributed by atoms with van der Waals surface area (Å²) in [7, 11) is 0.924. The number of hydrogen-bond donors (Lipinski definition) is 1. The molecule has 0 bridgehead atoms. The highest BCUT2D eigenvalue weighted by atomic mass is 32.2. The van der Waals surface area contributed by atoms with Crippen LogP contribution in [0.5, 0.6) is 5.75 Å². The third kappa shape index (κ3) is 2.98. The first-order chi connectivity index (χ1) is 9.93. The predicted octanol–water partition coefficient (Wildman–Crippen LogP) is 0.312. The Labute approximate surface area is 124 Å². The Morgan fingerprint density at radius 1 is 1.14 bits per heavy atom. The summed E-state index contributed by atoms with van der Waals surface area (Å²) in [6.07, 6.45) is -0.555. The van der Waals surface area contributed by atoms with E-state index in [9.17, 15) is 8.42 Å². The van der Waals surface area contributed by atoms with Crippen LogP contribution in [-0.2, 0) is 19.5 Å². The SMILES string of the molecule is COc1ccc(S(=O)(=O)N2CC(OC)C(OC)C2)cc1N. The normalized spacial score (nSPS) is 23.4. The molecule has 118 valence electrons. The summed E-state index contributed by atoms with van der Waals surface area (Å²) in [5, 5.41) is 0. The number of nitrogens with zero attached hydrogens (tertiary/aromatic N) is 1. The standard InChI is InChI=1S/C13H20N2O5S/c1-18-11-5-4-9(6-10(11)14)21(16,17)15-7-12(19-2)13(8-15)20-3/h4-6,12-13H,7-8,14H2,1-3H3. The van der Waals surface area contributed by atoms with Gasteiger partial charge in [-0.3, -0.25) is 0 Å². The average molecular weight is 316 g/mol. The van der Waals surface area contributed by atoms with Gasteiger partial charge in [0.15, 0.2) is 0 Å². The zero-order valence-corrected chi connectivity index (χ0v) is 13.1. The van der Waals surface area contributed by atoms with Crippen LogP contribution in [0.4, 0.5) is 5.69 Å². The quantitative estimate of drug-likeness (QED) is 0.786. The first-order valence-electron chi connectivity index (χ1n) is 6.43. The maximum Gasteiger partial charge on any atom is 0.243 e. The molecule has 0 spiro atoms. The van der Waals surface area contributed by atoms with Crippen LogP contribution in [0.3, 0.4) is 0 Å². The van der Waals surface area contributed by atoms with Gasteiger partial charge in [-0.15, -0.1) is 0 Å². The van der Waals surface area contributed by atoms with Crippen LogP contribution in [0.15, 0.2) is 23.1 Å². The smallest absolute Gasteiger partial charge is 0.243 e. The van der Waals surface area contributed by atoms with Crippen LogP contribution in [0.1, 0.15) is 0 Å². The molecule has 7 nitrogen and oxygen atoms in total. The molecule has 2 rings (SSSR count). The number of nitrogen functional groups attached to an aromatic ring is 1. The Hall–Kier alpha value is -1.35. The predicted molar refractivity (Wildman–Crippen MR) is 77.8 cm³/mol. The van der Waals surface area contributed by atoms with E-state index < -0.39 is 10.0 Å². The lowest BCUT2D eigenvalue weighted by Gasteiger charge is -2.16. The molecule has 1 aliphatic heterocycles. The van der Waals surface area contributed by atoms with E-state index in [0.717, 1.165) is 0 Å². The highest BCUT2D eigenvalue weighted by Crippen LogP contribution is 2.28. The van der Waals surface area contributed by atoms with Gasteiger partial charge in [-0.2, -0.15) is 4.31 Å². The lowest BCUT2D eigenvalue weighted by molar-refractivity contribution is -0.00461. The second-order valence-electron chi connectivity index (χ2n) is 4.77. The Morgan fingerprint density at radius 3 is 2.14 bits per heavy atom. The summed E-state index contributed by atoms with van der Waals surface area (Å²) < 4.78 is 42.2. The van der Waals surface area contributed by atoms with Crippen LogP contribution in [0.2, 0.25) is 0 Å². The Balaban J connectivity index is 2.28. The van der Waals surface area contributed by atoms with E-state index in [1.165, 1.54) is 37.8 Å². The van der Waals surface area contributed by atoms with Crippen molar-refractivity contribution in [3.05, 3.63) is 18.2 Å². The van der Waals surface area contributed by atoms with Crippen molar-refractivity contribution in [2.75, 3.05) is 40.2 Å². The number of benzene rings is 1. The molecular weight excluding hydrogens is 296 g/mol. The van der Waals surface area contributed by atoms with Gasteiger partial charge in [0.2, 0.25) is 10.0 Å². The summed E-state index contributed by atoms with van der Waals surface area (Å²) in [6, 6.07) is 4.42. The molecule has 2 atom stereocenters. The molecule has 1 aromatic carbocycles. The zero-order valence-electron chi connectivity index (χ0n) is 12.3. The molecular formula is C13H20N2O5S. The molecule has 1 heterocycles. The van der Waals surface area contributed by atoms with E-state index in [2.05, 4.69) is 0 Å². The lowest BCUT2D eigenvalue weighted by atomic mass is 10.3. The van der Waals surface area contributed by atoms with Gasteiger partial charge in [0.25, 0.3) is 0 Å². The van der Waals surface area contributed by atoms with Crippen molar-refractivity contribution in [3.63, 3.8) is 0 Å². The van der Waals surface area contributed by atoms with Crippen molar-refractivity contribution in [1.82, 2.24) is 4.31 Å². The van der Waals surface area contributed by atoms with E-state index >= 15 is 0 Å². The summed E-state index contributed by atoms with van der Waals surface area (Å²) in [6.45, 7) is 0.506. The van der Waals surface area contributed by atoms with Gasteiger partial charge in [-0.25, -0.2) is 8.42 Å². The van der Waals surface area contributed by atoms with E-state index in [4.69, 9.17) is 19.9 Å². The number of rotatable bonds is 5. The summed E-state index contributed by atoms with van der Waals surface area (Å²) >= 11 is 0. The molecule has 21 heavy (non-hydrogen) atoms. The van der Waals surface area contributed by atoms with E-state index in [-0.39, 0.29) is 35.9 Å². The minimum Gasteiger partial charge on any atom is -0.495 e. The van der Waals surface area contributed by atoms with Gasteiger partial charge >= 0.3 is 0 Å². The van der Waals surface area contributed by atoms with Crippen molar-refractivity contribution in [2.45, 2.75) is 17.1 Å². The van der Waals surface area contributed by atoms with Crippen molar-refractivity contribution in [2.24, 2.45) is 0 Å². The van der Waals surface area contributed by atoms with Crippen LogP contribution in [-0.4, -0.2) is 59.3 Å². The second kappa shape index (κ2) is 6.18. The first-order valence-corrected chi connectivity index (χ1v) is 7.87. The van der Waals surface area contributed by atoms with Gasteiger partial charge in [0.05, 0.1) is 29.9 Å². The summed E-state index contributed by atoms with van der Waals surface area (Å²) in [5.74, 6) is 0.444. The van der Waals surface area contributed by atoms with Crippen molar-refractivity contribution in [1.29, 1.82) is 0 Å². The average Bonchev–Trinajstić information content (AvgIpc) is 2.91. The molecule has 0 radical (unpaired) electrons. The van der Waals surface area contributed by atoms with Crippen molar-refractivity contribution in [3.8, 4) is 5.75 Å². The molecule has 1 aromatic rings. The van der Waals surface area contributed by atoms with Crippen molar-refractivity contribution < 1.29 is 22.6 Å². The number of ether oxygens (including phenoxy) is 3. The number of nitrogens with two attached hydrogens (primary N) is 1. The van der Waals surface area contributed by atoms with Gasteiger partial charge in [0, 0.05) is 27.3 Å². The fraction of sp³-hybridized carbons (Fsp3) is 0.538. The minimum atomic E-state index is -3.63. The molecule has 1 fully saturated rings. The summed E-state index contributed by atoms with van der Waals surface area (Å²) in [4.78, 5) is 0.132. The highest BCUT2D eigenvalue weighted by Gasteiger charge is 2.39. The molecule has 2 N–H and O–H groups in total. The maximum absolute atomic E-state index is 12.6. The monoisotopic (exact) mass is 316 g/mol. The van der Waals surface area contributed by atoms with E-state index in [1.54, 1.807) is 6.07 Å². The molecule has 0 amide bonds. The Kier molecular flexibility index (Phi) is 4.72. The third-order valence-corrected chi connectivity index (χ3v) is 5.45. The number of sulfonamides is 1. The maximum atomic E-state index is 12.6. The molecule has 1 aliphatic rings. The molecule has 0 saturated carbocycles. The molecule has 0 aromatic heterocycles. The number of methoxy groups -OCH3 is 3. The number of anilines is 1. The lowest BCUT2D eigenvalue weighted by Crippen LogP contribution is -2.30. The molecule has 8 heteroatoms. The molecule has 2 unspecified atom stereocenters. The van der Waals surface area contributed by atoms with Gasteiger partial charge < -0.3 is 19.9 Å². The fourth-order valence-corrected chi connectivity index (χ4v) is 3.88. The fourth-order valence-electron chi connectivity index (χ4n) is 2.38. The zero-order chi connectivity index (χ0) is 15.6. The van der Waals surface area contributed by atoms with Crippen LogP contribution in [0, 0.1) is 0 Å². The second-order valence-corrected chi connectivity index (χ2v) is 6.71. The van der Waals surface area contributed by atoms with Crippen LogP contribution < -0.4 is 10.5 Å². The topological polar surface area (TPSA) is 91.1 Å². The van der Waals surface area contributed by atoms with Gasteiger partial charge in [-0.1, -0.05) is 0 Å². The summed E-state index contributed by atoms with van der Waals surface area (Å²) in [5.41, 5.74) is 6.06. The Morgan fingerprint density at radius 2 is 1.71 bits per heavy atom. The van der Waals surface area contributed by atoms with Crippen LogP contribution >= 0.6 is 0 Å². The largest absolute Gasteiger partial charge is 0.495 e. The highest BCUT2D eigenvalue weighted by molar-refractivity contribution is 7.89. The first kappa shape index (κ1) is 16.0. The third-order valence-electron chi connectivity index (χ3n) is 3.63. The Bertz CT molecular complexity index is 593.